The Balaban J connectivity index is 2.00. The van der Waals surface area contributed by atoms with Gasteiger partial charge in [0.05, 0.1) is 0 Å². The van der Waals surface area contributed by atoms with Crippen molar-refractivity contribution >= 4 is 0 Å². The third-order valence-electron chi connectivity index (χ3n) is 3.40. The van der Waals surface area contributed by atoms with Crippen molar-refractivity contribution in [1.82, 2.24) is 4.90 Å². The van der Waals surface area contributed by atoms with E-state index in [1.807, 2.05) is 24.3 Å². The van der Waals surface area contributed by atoms with Gasteiger partial charge in [-0.1, -0.05) is 25.1 Å². The Morgan fingerprint density at radius 2 is 2.24 bits per heavy atom. The first-order valence-electron chi connectivity index (χ1n) is 6.50. The molecule has 0 saturated carbocycles. The molecule has 17 heavy (non-hydrogen) atoms. The number of para-hydroxylation sites is 1. The molecule has 0 bridgehead atoms. The maximum absolute atomic E-state index is 6.09. The van der Waals surface area contributed by atoms with E-state index >= 15 is 0 Å². The van der Waals surface area contributed by atoms with Gasteiger partial charge in [-0.05, 0) is 32.0 Å². The zero-order chi connectivity index (χ0) is 12.1. The summed E-state index contributed by atoms with van der Waals surface area (Å²) in [5, 5.41) is 0. The number of benzene rings is 1. The van der Waals surface area contributed by atoms with E-state index in [1.54, 1.807) is 0 Å². The van der Waals surface area contributed by atoms with E-state index in [-0.39, 0.29) is 0 Å². The van der Waals surface area contributed by atoms with E-state index in [2.05, 4.69) is 11.8 Å². The van der Waals surface area contributed by atoms with Crippen LogP contribution in [0.4, 0.5) is 0 Å². The van der Waals surface area contributed by atoms with E-state index in [1.165, 1.54) is 13.0 Å². The summed E-state index contributed by atoms with van der Waals surface area (Å²) in [4.78, 5) is 2.44. The molecule has 3 heteroatoms. The van der Waals surface area contributed by atoms with Crippen LogP contribution >= 0.6 is 0 Å². The van der Waals surface area contributed by atoms with Crippen molar-refractivity contribution in [2.24, 2.45) is 5.73 Å². The first-order valence-corrected chi connectivity index (χ1v) is 6.50. The summed E-state index contributed by atoms with van der Waals surface area (Å²) in [5.41, 5.74) is 6.82. The van der Waals surface area contributed by atoms with Crippen LogP contribution in [0.5, 0.6) is 5.75 Å². The van der Waals surface area contributed by atoms with Crippen molar-refractivity contribution in [3.8, 4) is 5.75 Å². The number of likely N-dealkylation sites (tertiary alicyclic amines) is 1. The lowest BCUT2D eigenvalue weighted by atomic mass is 10.1. The minimum Gasteiger partial charge on any atom is -0.489 e. The molecule has 94 valence electrons. The van der Waals surface area contributed by atoms with Crippen LogP contribution in [-0.2, 0) is 6.54 Å². The average molecular weight is 234 g/mol. The first-order chi connectivity index (χ1) is 8.33. The van der Waals surface area contributed by atoms with E-state index in [4.69, 9.17) is 10.5 Å². The molecule has 1 saturated heterocycles. The van der Waals surface area contributed by atoms with Gasteiger partial charge in [-0.25, -0.2) is 0 Å². The fourth-order valence-corrected chi connectivity index (χ4v) is 2.36. The molecule has 1 aromatic carbocycles. The number of likely N-dealkylation sites (N-methyl/N-ethyl adjacent to an activating group) is 1. The minimum atomic E-state index is 0.316. The van der Waals surface area contributed by atoms with Crippen LogP contribution in [0.25, 0.3) is 0 Å². The molecule has 0 radical (unpaired) electrons. The van der Waals surface area contributed by atoms with Crippen molar-refractivity contribution < 1.29 is 4.74 Å². The lowest BCUT2D eigenvalue weighted by molar-refractivity contribution is 0.0912. The molecule has 0 spiro atoms. The molecular weight excluding hydrogens is 212 g/mol. The molecule has 1 heterocycles. The zero-order valence-corrected chi connectivity index (χ0v) is 10.6. The quantitative estimate of drug-likeness (QED) is 0.866. The van der Waals surface area contributed by atoms with Crippen LogP contribution in [0.1, 0.15) is 25.3 Å². The van der Waals surface area contributed by atoms with Gasteiger partial charge in [-0.3, -0.25) is 4.90 Å². The Labute approximate surface area is 104 Å². The van der Waals surface area contributed by atoms with Crippen LogP contribution in [0, 0.1) is 0 Å². The van der Waals surface area contributed by atoms with E-state index < -0.39 is 0 Å². The SMILES string of the molecule is CCN1CCCC(Oc2ccccc2CN)C1. The normalized spacial score (nSPS) is 21.4. The number of nitrogens with zero attached hydrogens (tertiary/aromatic N) is 1. The molecule has 1 aliphatic heterocycles. The second kappa shape index (κ2) is 6.03. The fourth-order valence-electron chi connectivity index (χ4n) is 2.36. The summed E-state index contributed by atoms with van der Waals surface area (Å²) in [7, 11) is 0. The van der Waals surface area contributed by atoms with Gasteiger partial charge < -0.3 is 10.5 Å². The zero-order valence-electron chi connectivity index (χ0n) is 10.6. The highest BCUT2D eigenvalue weighted by Gasteiger charge is 2.20. The smallest absolute Gasteiger partial charge is 0.124 e. The maximum Gasteiger partial charge on any atom is 0.124 e. The Kier molecular flexibility index (Phi) is 4.40. The number of piperidine rings is 1. The second-order valence-electron chi connectivity index (χ2n) is 4.59. The van der Waals surface area contributed by atoms with Crippen LogP contribution in [-0.4, -0.2) is 30.6 Å². The molecule has 1 atom stereocenters. The highest BCUT2D eigenvalue weighted by molar-refractivity contribution is 5.33. The van der Waals surface area contributed by atoms with Crippen molar-refractivity contribution in [2.75, 3.05) is 19.6 Å². The van der Waals surface area contributed by atoms with Crippen molar-refractivity contribution in [3.05, 3.63) is 29.8 Å². The van der Waals surface area contributed by atoms with Gasteiger partial charge in [-0.15, -0.1) is 0 Å². The van der Waals surface area contributed by atoms with Gasteiger partial charge in [0.15, 0.2) is 0 Å². The first kappa shape index (κ1) is 12.4. The maximum atomic E-state index is 6.09. The minimum absolute atomic E-state index is 0.316. The lowest BCUT2D eigenvalue weighted by Gasteiger charge is -2.32. The Morgan fingerprint density at radius 1 is 1.41 bits per heavy atom. The van der Waals surface area contributed by atoms with Crippen LogP contribution in [0.15, 0.2) is 24.3 Å². The van der Waals surface area contributed by atoms with Crippen LogP contribution in [0.2, 0.25) is 0 Å². The summed E-state index contributed by atoms with van der Waals surface area (Å²) >= 11 is 0. The van der Waals surface area contributed by atoms with Crippen LogP contribution in [0.3, 0.4) is 0 Å². The summed E-state index contributed by atoms with van der Waals surface area (Å²) < 4.78 is 6.09. The molecule has 1 aromatic rings. The standard InChI is InChI=1S/C14H22N2O/c1-2-16-9-5-7-13(11-16)17-14-8-4-3-6-12(14)10-15/h3-4,6,8,13H,2,5,7,9-11,15H2,1H3. The molecule has 1 aliphatic rings. The van der Waals surface area contributed by atoms with E-state index in [0.29, 0.717) is 12.6 Å². The predicted molar refractivity (Wildman–Crippen MR) is 70.1 cm³/mol. The van der Waals surface area contributed by atoms with Gasteiger partial charge in [0.1, 0.15) is 11.9 Å². The van der Waals surface area contributed by atoms with Gasteiger partial charge >= 0.3 is 0 Å². The molecular formula is C14H22N2O. The number of hydrogen-bond acceptors (Lipinski definition) is 3. The molecule has 2 N–H and O–H groups in total. The molecule has 3 nitrogen and oxygen atoms in total. The average Bonchev–Trinajstić information content (AvgIpc) is 2.39. The summed E-state index contributed by atoms with van der Waals surface area (Å²) in [5.74, 6) is 0.956. The second-order valence-corrected chi connectivity index (χ2v) is 4.59. The number of ether oxygens (including phenoxy) is 1. The van der Waals surface area contributed by atoms with Crippen molar-refractivity contribution in [2.45, 2.75) is 32.4 Å². The van der Waals surface area contributed by atoms with E-state index in [0.717, 1.165) is 30.8 Å². The third kappa shape index (κ3) is 3.20. The largest absolute Gasteiger partial charge is 0.489 e. The summed E-state index contributed by atoms with van der Waals surface area (Å²) in [6.45, 7) is 6.10. The Hall–Kier alpha value is -1.06. The van der Waals surface area contributed by atoms with Gasteiger partial charge in [-0.2, -0.15) is 0 Å². The van der Waals surface area contributed by atoms with Crippen LogP contribution < -0.4 is 10.5 Å². The molecule has 1 unspecified atom stereocenters. The van der Waals surface area contributed by atoms with Gasteiger partial charge in [0, 0.05) is 18.7 Å². The molecule has 1 fully saturated rings. The molecule has 2 rings (SSSR count). The highest BCUT2D eigenvalue weighted by atomic mass is 16.5. The van der Waals surface area contributed by atoms with Crippen molar-refractivity contribution in [3.63, 3.8) is 0 Å². The van der Waals surface area contributed by atoms with Crippen molar-refractivity contribution in [1.29, 1.82) is 0 Å². The van der Waals surface area contributed by atoms with Gasteiger partial charge in [0.25, 0.3) is 0 Å². The van der Waals surface area contributed by atoms with E-state index in [9.17, 15) is 0 Å². The monoisotopic (exact) mass is 234 g/mol. The molecule has 0 amide bonds. The third-order valence-corrected chi connectivity index (χ3v) is 3.40. The molecule has 0 aliphatic carbocycles. The predicted octanol–water partition coefficient (Wildman–Crippen LogP) is 2.01. The van der Waals surface area contributed by atoms with Gasteiger partial charge in [0.2, 0.25) is 0 Å². The summed E-state index contributed by atoms with van der Waals surface area (Å²) in [6, 6.07) is 8.08. The number of rotatable bonds is 4. The number of nitrogens with two attached hydrogens (primary N) is 1. The topological polar surface area (TPSA) is 38.5 Å². The Morgan fingerprint density at radius 3 is 3.00 bits per heavy atom. The summed E-state index contributed by atoms with van der Waals surface area (Å²) in [6.07, 6.45) is 2.69. The fraction of sp³-hybridized carbons (Fsp3) is 0.571. The lowest BCUT2D eigenvalue weighted by Crippen LogP contribution is -2.41. The number of hydrogen-bond donors (Lipinski definition) is 1. The Bertz CT molecular complexity index is 354. The highest BCUT2D eigenvalue weighted by Crippen LogP contribution is 2.22. The molecule has 0 aromatic heterocycles.